The van der Waals surface area contributed by atoms with Crippen molar-refractivity contribution in [3.8, 4) is 0 Å². The van der Waals surface area contributed by atoms with Crippen molar-refractivity contribution >= 4 is 0 Å². The first-order valence-electron chi connectivity index (χ1n) is 11.9. The highest BCUT2D eigenvalue weighted by atomic mass is 16.5. The molecule has 1 aromatic heterocycles. The molecule has 1 aromatic carbocycles. The first-order chi connectivity index (χ1) is 14.7. The second-order valence-corrected chi connectivity index (χ2v) is 9.66. The van der Waals surface area contributed by atoms with E-state index in [1.165, 1.54) is 63.7 Å². The molecule has 0 N–H and O–H groups in total. The summed E-state index contributed by atoms with van der Waals surface area (Å²) in [6.45, 7) is 6.69. The third-order valence-corrected chi connectivity index (χ3v) is 7.36. The molecule has 162 valence electrons. The topological polar surface area (TPSA) is 33.5 Å². The summed E-state index contributed by atoms with van der Waals surface area (Å²) in [4.78, 5) is 5.40. The summed E-state index contributed by atoms with van der Waals surface area (Å²) in [6.07, 6.45) is 12.1. The average Bonchev–Trinajstić information content (AvgIpc) is 3.50. The predicted octanol–water partition coefficient (Wildman–Crippen LogP) is 3.28. The summed E-state index contributed by atoms with van der Waals surface area (Å²) < 4.78 is 7.87. The molecular weight excluding hydrogens is 372 g/mol. The molecule has 5 heteroatoms. The summed E-state index contributed by atoms with van der Waals surface area (Å²) >= 11 is 0. The maximum absolute atomic E-state index is 5.96. The molecule has 0 radical (unpaired) electrons. The van der Waals surface area contributed by atoms with Crippen LogP contribution in [0.15, 0.2) is 36.7 Å². The quantitative estimate of drug-likeness (QED) is 0.704. The molecule has 2 aromatic rings. The maximum Gasteiger partial charge on any atom is 0.0702 e. The summed E-state index contributed by atoms with van der Waals surface area (Å²) in [7, 11) is 2.00. The lowest BCUT2D eigenvalue weighted by atomic mass is 9.94. The first kappa shape index (κ1) is 20.2. The minimum atomic E-state index is 0.416. The Morgan fingerprint density at radius 3 is 2.47 bits per heavy atom. The van der Waals surface area contributed by atoms with Crippen LogP contribution in [0.25, 0.3) is 0 Å². The number of nitrogens with zero attached hydrogens (tertiary/aromatic N) is 4. The third kappa shape index (κ3) is 4.79. The van der Waals surface area contributed by atoms with E-state index in [1.54, 1.807) is 11.1 Å². The van der Waals surface area contributed by atoms with E-state index < -0.39 is 0 Å². The lowest BCUT2D eigenvalue weighted by molar-refractivity contribution is 0.0541. The fourth-order valence-corrected chi connectivity index (χ4v) is 5.75. The zero-order valence-corrected chi connectivity index (χ0v) is 18.4. The van der Waals surface area contributed by atoms with Gasteiger partial charge in [-0.1, -0.05) is 24.3 Å². The van der Waals surface area contributed by atoms with Gasteiger partial charge in [0.05, 0.1) is 12.3 Å². The molecule has 30 heavy (non-hydrogen) atoms. The highest BCUT2D eigenvalue weighted by Gasteiger charge is 2.31. The maximum atomic E-state index is 5.96. The number of ether oxygens (including phenoxy) is 1. The largest absolute Gasteiger partial charge is 0.377 e. The van der Waals surface area contributed by atoms with Crippen LogP contribution in [-0.2, 0) is 31.2 Å². The van der Waals surface area contributed by atoms with Crippen molar-refractivity contribution in [2.45, 2.75) is 57.2 Å². The average molecular weight is 409 g/mol. The zero-order valence-electron chi connectivity index (χ0n) is 18.4. The standard InChI is InChI=1S/C25H36N4O/c1-27-16-21(15-26-27)18-28(19-25-7-4-12-30-25)17-20-8-10-29(11-9-20)24-13-22-5-2-3-6-23(22)14-24/h2-3,5-6,15-16,20,24-25H,4,7-14,17-19H2,1H3/t25-/m0/s1. The van der Waals surface area contributed by atoms with Gasteiger partial charge in [-0.05, 0) is 68.7 Å². The van der Waals surface area contributed by atoms with Gasteiger partial charge in [-0.25, -0.2) is 0 Å². The number of fused-ring (bicyclic) bond motifs is 1. The van der Waals surface area contributed by atoms with E-state index in [9.17, 15) is 0 Å². The van der Waals surface area contributed by atoms with E-state index >= 15 is 0 Å². The van der Waals surface area contributed by atoms with Crippen molar-refractivity contribution < 1.29 is 4.74 Å². The molecule has 5 rings (SSSR count). The van der Waals surface area contributed by atoms with Crippen molar-refractivity contribution in [3.05, 3.63) is 53.3 Å². The molecule has 0 saturated carbocycles. The molecule has 0 unspecified atom stereocenters. The van der Waals surface area contributed by atoms with Crippen LogP contribution in [0.3, 0.4) is 0 Å². The van der Waals surface area contributed by atoms with E-state index in [-0.39, 0.29) is 0 Å². The number of benzene rings is 1. The lowest BCUT2D eigenvalue weighted by Crippen LogP contribution is -2.44. The van der Waals surface area contributed by atoms with Crippen molar-refractivity contribution in [2.24, 2.45) is 13.0 Å². The SMILES string of the molecule is Cn1cc(CN(CC2CCN(C3Cc4ccccc4C3)CC2)C[C@@H]2CCCO2)cn1. The molecule has 0 amide bonds. The highest BCUT2D eigenvalue weighted by molar-refractivity contribution is 5.33. The van der Waals surface area contributed by atoms with Gasteiger partial charge in [0.2, 0.25) is 0 Å². The Bertz CT molecular complexity index is 795. The molecule has 2 fully saturated rings. The first-order valence-corrected chi connectivity index (χ1v) is 11.9. The van der Waals surface area contributed by atoms with Gasteiger partial charge >= 0.3 is 0 Å². The fraction of sp³-hybridized carbons (Fsp3) is 0.640. The van der Waals surface area contributed by atoms with Gasteiger partial charge in [-0.15, -0.1) is 0 Å². The number of rotatable bonds is 7. The molecule has 3 heterocycles. The van der Waals surface area contributed by atoms with Crippen molar-refractivity contribution in [1.82, 2.24) is 19.6 Å². The van der Waals surface area contributed by atoms with E-state index in [0.717, 1.165) is 31.7 Å². The van der Waals surface area contributed by atoms with E-state index in [2.05, 4.69) is 45.4 Å². The third-order valence-electron chi connectivity index (χ3n) is 7.36. The molecule has 1 aliphatic carbocycles. The Labute approximate surface area is 181 Å². The number of aryl methyl sites for hydroxylation is 1. The van der Waals surface area contributed by atoms with Gasteiger partial charge < -0.3 is 4.74 Å². The molecular formula is C25H36N4O. The Hall–Kier alpha value is -1.69. The molecule has 5 nitrogen and oxygen atoms in total. The Balaban J connectivity index is 1.15. The second-order valence-electron chi connectivity index (χ2n) is 9.66. The second kappa shape index (κ2) is 9.21. The predicted molar refractivity (Wildman–Crippen MR) is 119 cm³/mol. The summed E-state index contributed by atoms with van der Waals surface area (Å²) in [5.74, 6) is 0.795. The molecule has 1 atom stereocenters. The van der Waals surface area contributed by atoms with Gasteiger partial charge in [0.1, 0.15) is 0 Å². The van der Waals surface area contributed by atoms with Crippen molar-refractivity contribution in [3.63, 3.8) is 0 Å². The van der Waals surface area contributed by atoms with Gasteiger partial charge in [0.15, 0.2) is 0 Å². The van der Waals surface area contributed by atoms with Gasteiger partial charge in [-0.3, -0.25) is 14.5 Å². The number of hydrogen-bond acceptors (Lipinski definition) is 4. The van der Waals surface area contributed by atoms with E-state index in [0.29, 0.717) is 6.10 Å². The van der Waals surface area contributed by atoms with Crippen molar-refractivity contribution in [1.29, 1.82) is 0 Å². The fourth-order valence-electron chi connectivity index (χ4n) is 5.75. The van der Waals surface area contributed by atoms with Crippen LogP contribution in [-0.4, -0.2) is 64.5 Å². The summed E-state index contributed by atoms with van der Waals surface area (Å²) in [5, 5.41) is 4.37. The number of piperidine rings is 1. The highest BCUT2D eigenvalue weighted by Crippen LogP contribution is 2.29. The smallest absolute Gasteiger partial charge is 0.0702 e. The number of aromatic nitrogens is 2. The Kier molecular flexibility index (Phi) is 6.21. The van der Waals surface area contributed by atoms with Crippen LogP contribution in [0, 0.1) is 5.92 Å². The summed E-state index contributed by atoms with van der Waals surface area (Å²) in [5.41, 5.74) is 4.46. The van der Waals surface area contributed by atoms with Gasteiger partial charge in [0, 0.05) is 51.1 Å². The van der Waals surface area contributed by atoms with Crippen LogP contribution in [0.4, 0.5) is 0 Å². The number of likely N-dealkylation sites (tertiary alicyclic amines) is 1. The monoisotopic (exact) mass is 408 g/mol. The molecule has 2 saturated heterocycles. The van der Waals surface area contributed by atoms with E-state index in [4.69, 9.17) is 4.74 Å². The normalized spacial score (nSPS) is 23.5. The zero-order chi connectivity index (χ0) is 20.3. The number of hydrogen-bond donors (Lipinski definition) is 0. The van der Waals surface area contributed by atoms with Gasteiger partial charge in [0.25, 0.3) is 0 Å². The molecule has 0 bridgehead atoms. The Morgan fingerprint density at radius 1 is 1.07 bits per heavy atom. The van der Waals surface area contributed by atoms with E-state index in [1.807, 2.05) is 17.9 Å². The van der Waals surface area contributed by atoms with Crippen LogP contribution in [0.2, 0.25) is 0 Å². The molecule has 3 aliphatic rings. The Morgan fingerprint density at radius 2 is 1.83 bits per heavy atom. The lowest BCUT2D eigenvalue weighted by Gasteiger charge is -2.38. The van der Waals surface area contributed by atoms with Crippen LogP contribution >= 0.6 is 0 Å². The van der Waals surface area contributed by atoms with Crippen LogP contribution in [0.5, 0.6) is 0 Å². The van der Waals surface area contributed by atoms with Crippen molar-refractivity contribution in [2.75, 3.05) is 32.8 Å². The summed E-state index contributed by atoms with van der Waals surface area (Å²) in [6, 6.07) is 9.76. The minimum absolute atomic E-state index is 0.416. The molecule has 2 aliphatic heterocycles. The molecule has 0 spiro atoms. The van der Waals surface area contributed by atoms with Gasteiger partial charge in [-0.2, -0.15) is 5.10 Å². The van der Waals surface area contributed by atoms with Crippen LogP contribution in [0.1, 0.15) is 42.4 Å². The minimum Gasteiger partial charge on any atom is -0.377 e. The van der Waals surface area contributed by atoms with Crippen LogP contribution < -0.4 is 0 Å².